The van der Waals surface area contributed by atoms with E-state index in [0.717, 1.165) is 51.4 Å². The fourth-order valence-corrected chi connectivity index (χ4v) is 4.96. The number of nitrogens with zero attached hydrogens (tertiary/aromatic N) is 4. The monoisotopic (exact) mass is 359 g/mol. The third-order valence-corrected chi connectivity index (χ3v) is 6.57. The molecule has 1 aromatic heterocycles. The standard InChI is InChI=1S/C20H33N5O/c1-23-19-9-5-8-18(17(19)14-21-23)22-20(26)25-12-10-24(11-13-25)15-16-6-3-2-4-7-16/h14,16,18H,2-13,15H2,1H3,(H,22,26). The van der Waals surface area contributed by atoms with E-state index in [-0.39, 0.29) is 12.1 Å². The number of aryl methyl sites for hydroxylation is 1. The van der Waals surface area contributed by atoms with Crippen molar-refractivity contribution in [2.24, 2.45) is 13.0 Å². The number of rotatable bonds is 3. The molecule has 6 heteroatoms. The van der Waals surface area contributed by atoms with E-state index in [0.29, 0.717) is 0 Å². The second-order valence-corrected chi connectivity index (χ2v) is 8.36. The minimum Gasteiger partial charge on any atom is -0.331 e. The van der Waals surface area contributed by atoms with Crippen LogP contribution >= 0.6 is 0 Å². The van der Waals surface area contributed by atoms with E-state index in [1.807, 2.05) is 22.8 Å². The van der Waals surface area contributed by atoms with Crippen LogP contribution in [0, 0.1) is 5.92 Å². The molecule has 2 aliphatic carbocycles. The molecule has 4 rings (SSSR count). The number of amides is 2. The Bertz CT molecular complexity index is 614. The third-order valence-electron chi connectivity index (χ3n) is 6.57. The summed E-state index contributed by atoms with van der Waals surface area (Å²) in [5, 5.41) is 7.65. The molecule has 144 valence electrons. The van der Waals surface area contributed by atoms with Gasteiger partial charge in [-0.05, 0) is 38.0 Å². The van der Waals surface area contributed by atoms with E-state index >= 15 is 0 Å². The van der Waals surface area contributed by atoms with Crippen molar-refractivity contribution < 1.29 is 4.79 Å². The lowest BCUT2D eigenvalue weighted by Crippen LogP contribution is -2.53. The molecule has 1 N–H and O–H groups in total. The van der Waals surface area contributed by atoms with Gasteiger partial charge in [-0.25, -0.2) is 4.79 Å². The van der Waals surface area contributed by atoms with Crippen LogP contribution in [0.1, 0.15) is 62.2 Å². The molecular weight excluding hydrogens is 326 g/mol. The zero-order chi connectivity index (χ0) is 17.9. The summed E-state index contributed by atoms with van der Waals surface area (Å²) in [6, 6.07) is 0.226. The maximum absolute atomic E-state index is 12.7. The number of hydrogen-bond donors (Lipinski definition) is 1. The molecule has 0 bridgehead atoms. The summed E-state index contributed by atoms with van der Waals surface area (Å²) in [5.74, 6) is 0.885. The average Bonchev–Trinajstić information content (AvgIpc) is 3.05. The Morgan fingerprint density at radius 2 is 1.88 bits per heavy atom. The van der Waals surface area contributed by atoms with E-state index in [9.17, 15) is 4.79 Å². The lowest BCUT2D eigenvalue weighted by molar-refractivity contribution is 0.118. The maximum Gasteiger partial charge on any atom is 0.317 e. The van der Waals surface area contributed by atoms with Crippen LogP contribution in [0.25, 0.3) is 0 Å². The molecule has 0 radical (unpaired) electrons. The van der Waals surface area contributed by atoms with Crippen molar-refractivity contribution >= 4 is 6.03 Å². The van der Waals surface area contributed by atoms with Crippen LogP contribution in [-0.4, -0.2) is 58.3 Å². The van der Waals surface area contributed by atoms with Crippen molar-refractivity contribution in [1.82, 2.24) is 24.9 Å². The maximum atomic E-state index is 12.7. The van der Waals surface area contributed by atoms with Crippen LogP contribution in [0.2, 0.25) is 0 Å². The van der Waals surface area contributed by atoms with Gasteiger partial charge in [-0.3, -0.25) is 9.58 Å². The van der Waals surface area contributed by atoms with Crippen LogP contribution in [0.4, 0.5) is 4.79 Å². The summed E-state index contributed by atoms with van der Waals surface area (Å²) >= 11 is 0. The van der Waals surface area contributed by atoms with Gasteiger partial charge in [0.15, 0.2) is 0 Å². The molecule has 3 aliphatic rings. The molecule has 2 amide bonds. The van der Waals surface area contributed by atoms with Gasteiger partial charge in [-0.1, -0.05) is 19.3 Å². The summed E-state index contributed by atoms with van der Waals surface area (Å²) < 4.78 is 1.96. The predicted molar refractivity (Wildman–Crippen MR) is 102 cm³/mol. The molecule has 1 aliphatic heterocycles. The lowest BCUT2D eigenvalue weighted by atomic mass is 9.89. The Morgan fingerprint density at radius 1 is 1.12 bits per heavy atom. The molecule has 6 nitrogen and oxygen atoms in total. The summed E-state index contributed by atoms with van der Waals surface area (Å²) in [4.78, 5) is 17.3. The lowest BCUT2D eigenvalue weighted by Gasteiger charge is -2.38. The molecule has 2 fully saturated rings. The fraction of sp³-hybridized carbons (Fsp3) is 0.800. The Hall–Kier alpha value is -1.56. The highest BCUT2D eigenvalue weighted by atomic mass is 16.2. The first-order valence-electron chi connectivity index (χ1n) is 10.5. The zero-order valence-corrected chi connectivity index (χ0v) is 16.1. The average molecular weight is 360 g/mol. The first-order valence-corrected chi connectivity index (χ1v) is 10.5. The second-order valence-electron chi connectivity index (χ2n) is 8.36. The fourth-order valence-electron chi connectivity index (χ4n) is 4.96. The second kappa shape index (κ2) is 7.99. The van der Waals surface area contributed by atoms with Crippen LogP contribution < -0.4 is 5.32 Å². The highest BCUT2D eigenvalue weighted by molar-refractivity contribution is 5.75. The number of urea groups is 1. The summed E-state index contributed by atoms with van der Waals surface area (Å²) in [6.07, 6.45) is 12.2. The van der Waals surface area contributed by atoms with Crippen molar-refractivity contribution in [3.63, 3.8) is 0 Å². The molecule has 1 unspecified atom stereocenters. The summed E-state index contributed by atoms with van der Waals surface area (Å²) in [6.45, 7) is 4.98. The topological polar surface area (TPSA) is 53.4 Å². The van der Waals surface area contributed by atoms with Gasteiger partial charge in [0.1, 0.15) is 0 Å². The number of piperazine rings is 1. The Labute approximate surface area is 156 Å². The van der Waals surface area contributed by atoms with Gasteiger partial charge < -0.3 is 10.2 Å². The molecule has 1 saturated heterocycles. The Morgan fingerprint density at radius 3 is 2.65 bits per heavy atom. The third kappa shape index (κ3) is 3.90. The van der Waals surface area contributed by atoms with Crippen LogP contribution in [0.5, 0.6) is 0 Å². The Kier molecular flexibility index (Phi) is 5.48. The van der Waals surface area contributed by atoms with E-state index in [4.69, 9.17) is 0 Å². The highest BCUT2D eigenvalue weighted by Gasteiger charge is 2.28. The van der Waals surface area contributed by atoms with Crippen molar-refractivity contribution in [3.8, 4) is 0 Å². The van der Waals surface area contributed by atoms with Crippen LogP contribution in [0.15, 0.2) is 6.20 Å². The van der Waals surface area contributed by atoms with Gasteiger partial charge in [-0.2, -0.15) is 5.10 Å². The van der Waals surface area contributed by atoms with Gasteiger partial charge in [0.05, 0.1) is 12.2 Å². The SMILES string of the molecule is Cn1ncc2c1CCCC2NC(=O)N1CCN(CC2CCCCC2)CC1. The van der Waals surface area contributed by atoms with Crippen molar-refractivity contribution in [3.05, 3.63) is 17.5 Å². The first kappa shape index (κ1) is 17.8. The molecule has 2 heterocycles. The smallest absolute Gasteiger partial charge is 0.317 e. The first-order chi connectivity index (χ1) is 12.7. The molecule has 0 spiro atoms. The minimum atomic E-state index is 0.101. The van der Waals surface area contributed by atoms with Crippen LogP contribution in [-0.2, 0) is 13.5 Å². The van der Waals surface area contributed by atoms with E-state index in [1.54, 1.807) is 0 Å². The van der Waals surface area contributed by atoms with Crippen LogP contribution in [0.3, 0.4) is 0 Å². The Balaban J connectivity index is 1.26. The van der Waals surface area contributed by atoms with Crippen molar-refractivity contribution in [2.45, 2.75) is 57.4 Å². The number of carbonyl (C=O) groups excluding carboxylic acids is 1. The quantitative estimate of drug-likeness (QED) is 0.903. The van der Waals surface area contributed by atoms with Crippen molar-refractivity contribution in [2.75, 3.05) is 32.7 Å². The largest absolute Gasteiger partial charge is 0.331 e. The number of aromatic nitrogens is 2. The molecule has 1 aromatic rings. The number of carbonyl (C=O) groups is 1. The molecular formula is C20H33N5O. The van der Waals surface area contributed by atoms with E-state index in [1.165, 1.54) is 49.9 Å². The molecule has 1 saturated carbocycles. The molecule has 1 atom stereocenters. The highest BCUT2D eigenvalue weighted by Crippen LogP contribution is 2.29. The normalized spacial score (nSPS) is 25.1. The zero-order valence-electron chi connectivity index (χ0n) is 16.1. The molecule has 26 heavy (non-hydrogen) atoms. The number of fused-ring (bicyclic) bond motifs is 1. The summed E-state index contributed by atoms with van der Waals surface area (Å²) in [5.41, 5.74) is 2.49. The number of hydrogen-bond acceptors (Lipinski definition) is 3. The van der Waals surface area contributed by atoms with Gasteiger partial charge >= 0.3 is 6.03 Å². The van der Waals surface area contributed by atoms with Gasteiger partial charge in [-0.15, -0.1) is 0 Å². The van der Waals surface area contributed by atoms with Gasteiger partial charge in [0, 0.05) is 51.0 Å². The van der Waals surface area contributed by atoms with Gasteiger partial charge in [0.2, 0.25) is 0 Å². The minimum absolute atomic E-state index is 0.101. The van der Waals surface area contributed by atoms with Gasteiger partial charge in [0.25, 0.3) is 0 Å². The van der Waals surface area contributed by atoms with Crippen molar-refractivity contribution in [1.29, 1.82) is 0 Å². The number of nitrogens with one attached hydrogen (secondary N) is 1. The summed E-state index contributed by atoms with van der Waals surface area (Å²) in [7, 11) is 1.99. The van der Waals surface area contributed by atoms with E-state index < -0.39 is 0 Å². The molecule has 0 aromatic carbocycles. The van der Waals surface area contributed by atoms with E-state index in [2.05, 4.69) is 15.3 Å². The predicted octanol–water partition coefficient (Wildman–Crippen LogP) is 2.71.